The number of aromatic nitrogens is 2. The first-order valence-electron chi connectivity index (χ1n) is 8.47. The van der Waals surface area contributed by atoms with Crippen molar-refractivity contribution >= 4 is 11.8 Å². The van der Waals surface area contributed by atoms with Gasteiger partial charge < -0.3 is 10.2 Å². The summed E-state index contributed by atoms with van der Waals surface area (Å²) in [6.45, 7) is 1.71. The van der Waals surface area contributed by atoms with Crippen molar-refractivity contribution in [3.8, 4) is 0 Å². The van der Waals surface area contributed by atoms with E-state index in [0.717, 1.165) is 24.8 Å². The largest absolute Gasteiger partial charge is 0.416 e. The predicted molar refractivity (Wildman–Crippen MR) is 95.1 cm³/mol. The second-order valence-corrected chi connectivity index (χ2v) is 6.66. The van der Waals surface area contributed by atoms with Gasteiger partial charge in [-0.3, -0.25) is 4.90 Å². The first-order chi connectivity index (χ1) is 12.3. The number of halogens is 3. The van der Waals surface area contributed by atoms with Gasteiger partial charge in [-0.1, -0.05) is 18.2 Å². The van der Waals surface area contributed by atoms with Gasteiger partial charge in [-0.05, 0) is 24.1 Å². The zero-order valence-electron chi connectivity index (χ0n) is 14.8. The van der Waals surface area contributed by atoms with Gasteiger partial charge in [0.15, 0.2) is 0 Å². The summed E-state index contributed by atoms with van der Waals surface area (Å²) in [6, 6.07) is 7.73. The fourth-order valence-electron chi connectivity index (χ4n) is 3.12. The van der Waals surface area contributed by atoms with Crippen molar-refractivity contribution in [2.45, 2.75) is 25.2 Å². The number of likely N-dealkylation sites (tertiary alicyclic amines) is 1. The van der Waals surface area contributed by atoms with Crippen LogP contribution in [0.4, 0.5) is 24.9 Å². The molecule has 8 heteroatoms. The molecule has 2 aromatic rings. The van der Waals surface area contributed by atoms with E-state index in [4.69, 9.17) is 0 Å². The summed E-state index contributed by atoms with van der Waals surface area (Å²) in [5.41, 5.74) is -0.236. The van der Waals surface area contributed by atoms with Crippen LogP contribution in [0.3, 0.4) is 0 Å². The molecule has 1 saturated heterocycles. The quantitative estimate of drug-likeness (QED) is 0.881. The smallest absolute Gasteiger partial charge is 0.366 e. The van der Waals surface area contributed by atoms with Crippen molar-refractivity contribution in [3.63, 3.8) is 0 Å². The lowest BCUT2D eigenvalue weighted by Crippen LogP contribution is -2.27. The topological polar surface area (TPSA) is 44.3 Å². The van der Waals surface area contributed by atoms with E-state index in [2.05, 4.69) is 15.3 Å². The van der Waals surface area contributed by atoms with Crippen LogP contribution >= 0.6 is 0 Å². The fourth-order valence-corrected chi connectivity index (χ4v) is 3.12. The van der Waals surface area contributed by atoms with Gasteiger partial charge in [0.05, 0.1) is 5.56 Å². The molecule has 0 amide bonds. The number of nitrogens with one attached hydrogen (secondary N) is 1. The molecule has 3 rings (SSSR count). The standard InChI is InChI=1S/C18H22F3N5/c1-25(2)17-22-9-7-16(24-17)23-14-8-10-26(12-14)11-13-5-3-4-6-15(13)18(19,20)21/h3-7,9,14H,8,10-12H2,1-2H3,(H,22,23,24). The third-order valence-corrected chi connectivity index (χ3v) is 4.38. The van der Waals surface area contributed by atoms with Crippen molar-refractivity contribution in [1.82, 2.24) is 14.9 Å². The summed E-state index contributed by atoms with van der Waals surface area (Å²) in [5.74, 6) is 1.34. The number of rotatable bonds is 5. The van der Waals surface area contributed by atoms with Crippen LogP contribution in [0.15, 0.2) is 36.5 Å². The Bertz CT molecular complexity index is 748. The van der Waals surface area contributed by atoms with Crippen molar-refractivity contribution in [1.29, 1.82) is 0 Å². The maximum atomic E-state index is 13.1. The minimum absolute atomic E-state index is 0.151. The highest BCUT2D eigenvalue weighted by Crippen LogP contribution is 2.32. The van der Waals surface area contributed by atoms with Gasteiger partial charge in [-0.15, -0.1) is 0 Å². The lowest BCUT2D eigenvalue weighted by molar-refractivity contribution is -0.138. The van der Waals surface area contributed by atoms with Gasteiger partial charge in [0.2, 0.25) is 5.95 Å². The fraction of sp³-hybridized carbons (Fsp3) is 0.444. The molecule has 26 heavy (non-hydrogen) atoms. The summed E-state index contributed by atoms with van der Waals surface area (Å²) >= 11 is 0. The van der Waals surface area contributed by atoms with E-state index in [0.29, 0.717) is 24.6 Å². The average molecular weight is 365 g/mol. The van der Waals surface area contributed by atoms with Crippen LogP contribution in [0.25, 0.3) is 0 Å². The Labute approximate surface area is 150 Å². The van der Waals surface area contributed by atoms with E-state index in [1.807, 2.05) is 23.9 Å². The van der Waals surface area contributed by atoms with Gasteiger partial charge >= 0.3 is 6.18 Å². The van der Waals surface area contributed by atoms with Gasteiger partial charge in [0, 0.05) is 46.0 Å². The highest BCUT2D eigenvalue weighted by atomic mass is 19.4. The normalized spacial score (nSPS) is 18.1. The molecule has 0 bridgehead atoms. The number of hydrogen-bond donors (Lipinski definition) is 1. The summed E-state index contributed by atoms with van der Waals surface area (Å²) in [7, 11) is 3.74. The minimum Gasteiger partial charge on any atom is -0.366 e. The van der Waals surface area contributed by atoms with Crippen molar-refractivity contribution in [2.75, 3.05) is 37.4 Å². The maximum absolute atomic E-state index is 13.1. The number of benzene rings is 1. The summed E-state index contributed by atoms with van der Waals surface area (Å²) in [6.07, 6.45) is -1.77. The van der Waals surface area contributed by atoms with Gasteiger partial charge in [-0.2, -0.15) is 18.2 Å². The Morgan fingerprint density at radius 3 is 2.73 bits per heavy atom. The highest BCUT2D eigenvalue weighted by molar-refractivity contribution is 5.41. The van der Waals surface area contributed by atoms with Crippen LogP contribution in [-0.2, 0) is 12.7 Å². The van der Waals surface area contributed by atoms with Crippen LogP contribution in [0.1, 0.15) is 17.5 Å². The first-order valence-corrected chi connectivity index (χ1v) is 8.47. The predicted octanol–water partition coefficient (Wildman–Crippen LogP) is 3.25. The molecule has 140 valence electrons. The Balaban J connectivity index is 1.62. The minimum atomic E-state index is -4.32. The molecule has 0 aliphatic carbocycles. The zero-order chi connectivity index (χ0) is 18.7. The number of alkyl halides is 3. The monoisotopic (exact) mass is 365 g/mol. The number of nitrogens with zero attached hydrogens (tertiary/aromatic N) is 4. The van der Waals surface area contributed by atoms with E-state index in [9.17, 15) is 13.2 Å². The SMILES string of the molecule is CN(C)c1nccc(NC2CCN(Cc3ccccc3C(F)(F)F)C2)n1. The summed E-state index contributed by atoms with van der Waals surface area (Å²) in [5, 5.41) is 3.36. The lowest BCUT2D eigenvalue weighted by Gasteiger charge is -2.20. The van der Waals surface area contributed by atoms with Gasteiger partial charge in [0.1, 0.15) is 5.82 Å². The van der Waals surface area contributed by atoms with Crippen LogP contribution in [-0.4, -0.2) is 48.1 Å². The molecule has 1 aliphatic rings. The van der Waals surface area contributed by atoms with Crippen molar-refractivity contribution in [2.24, 2.45) is 0 Å². The average Bonchev–Trinajstić information content (AvgIpc) is 3.01. The van der Waals surface area contributed by atoms with Gasteiger partial charge in [-0.25, -0.2) is 4.98 Å². The summed E-state index contributed by atoms with van der Waals surface area (Å²) < 4.78 is 39.4. The molecule has 0 spiro atoms. The molecule has 1 aliphatic heterocycles. The van der Waals surface area contributed by atoms with Crippen LogP contribution in [0.5, 0.6) is 0 Å². The van der Waals surface area contributed by atoms with Crippen LogP contribution in [0, 0.1) is 0 Å². The molecule has 1 atom stereocenters. The van der Waals surface area contributed by atoms with Crippen molar-refractivity contribution < 1.29 is 13.2 Å². The molecule has 1 fully saturated rings. The third kappa shape index (κ3) is 4.43. The Kier molecular flexibility index (Phi) is 5.31. The molecule has 1 N–H and O–H groups in total. The van der Waals surface area contributed by atoms with E-state index in [1.165, 1.54) is 6.07 Å². The molecular formula is C18H22F3N5. The zero-order valence-corrected chi connectivity index (χ0v) is 14.8. The Hall–Kier alpha value is -2.35. The second kappa shape index (κ2) is 7.49. The van der Waals surface area contributed by atoms with Gasteiger partial charge in [0.25, 0.3) is 0 Å². The Morgan fingerprint density at radius 2 is 2.00 bits per heavy atom. The van der Waals surface area contributed by atoms with Crippen LogP contribution < -0.4 is 10.2 Å². The number of anilines is 2. The lowest BCUT2D eigenvalue weighted by atomic mass is 10.1. The molecular weight excluding hydrogens is 343 g/mol. The molecule has 2 heterocycles. The van der Waals surface area contributed by atoms with E-state index in [-0.39, 0.29) is 6.04 Å². The summed E-state index contributed by atoms with van der Waals surface area (Å²) in [4.78, 5) is 12.5. The highest BCUT2D eigenvalue weighted by Gasteiger charge is 2.34. The molecule has 0 radical (unpaired) electrons. The second-order valence-electron chi connectivity index (χ2n) is 6.66. The molecule has 1 unspecified atom stereocenters. The van der Waals surface area contributed by atoms with Crippen molar-refractivity contribution in [3.05, 3.63) is 47.7 Å². The third-order valence-electron chi connectivity index (χ3n) is 4.38. The molecule has 0 saturated carbocycles. The van der Waals surface area contributed by atoms with E-state index in [1.54, 1.807) is 24.4 Å². The maximum Gasteiger partial charge on any atom is 0.416 e. The molecule has 1 aromatic carbocycles. The van der Waals surface area contributed by atoms with E-state index < -0.39 is 11.7 Å². The van der Waals surface area contributed by atoms with Crippen LogP contribution in [0.2, 0.25) is 0 Å². The molecule has 1 aromatic heterocycles. The molecule has 5 nitrogen and oxygen atoms in total. The van der Waals surface area contributed by atoms with E-state index >= 15 is 0 Å². The number of hydrogen-bond acceptors (Lipinski definition) is 5. The Morgan fingerprint density at radius 1 is 1.23 bits per heavy atom. The first kappa shape index (κ1) is 18.4.